The van der Waals surface area contributed by atoms with Crippen LogP contribution in [0, 0.1) is 0 Å². The smallest absolute Gasteiger partial charge is 0.0463 e. The highest BCUT2D eigenvalue weighted by molar-refractivity contribution is 5.79. The molecule has 0 aliphatic heterocycles. The maximum absolute atomic E-state index is 4.24. The van der Waals surface area contributed by atoms with Gasteiger partial charge in [-0.2, -0.15) is 0 Å². The van der Waals surface area contributed by atoms with E-state index in [1.165, 1.54) is 5.70 Å². The molecule has 0 aromatic heterocycles. The van der Waals surface area contributed by atoms with E-state index < -0.39 is 0 Å². The van der Waals surface area contributed by atoms with Crippen LogP contribution in [0.15, 0.2) is 261 Å². The molecule has 0 heterocycles. The summed E-state index contributed by atoms with van der Waals surface area (Å²) in [4.78, 5) is 9.07. The maximum atomic E-state index is 4.24. The molecule has 0 unspecified atom stereocenters. The summed E-state index contributed by atoms with van der Waals surface area (Å²) < 4.78 is 0. The molecule has 58 heavy (non-hydrogen) atoms. The lowest BCUT2D eigenvalue weighted by molar-refractivity contribution is 0.997. The minimum atomic E-state index is 0.952. The van der Waals surface area contributed by atoms with Crippen molar-refractivity contribution in [1.82, 2.24) is 0 Å². The fraction of sp³-hybridized carbons (Fsp3) is 0.0370. The zero-order valence-corrected chi connectivity index (χ0v) is 32.5. The molecule has 0 bridgehead atoms. The van der Waals surface area contributed by atoms with Crippen molar-refractivity contribution in [3.05, 3.63) is 261 Å². The summed E-state index contributed by atoms with van der Waals surface area (Å²) in [6.07, 6.45) is 17.2. The van der Waals surface area contributed by atoms with Crippen LogP contribution in [0.25, 0.3) is 0 Å². The second kappa shape index (κ2) is 18.4. The van der Waals surface area contributed by atoms with E-state index >= 15 is 0 Å². The summed E-state index contributed by atoms with van der Waals surface area (Å²) >= 11 is 0. The second-order valence-electron chi connectivity index (χ2n) is 13.8. The maximum Gasteiger partial charge on any atom is 0.0463 e. The summed E-state index contributed by atoms with van der Waals surface area (Å²) in [6.45, 7) is 4.24. The Morgan fingerprint density at radius 1 is 0.414 bits per heavy atom. The van der Waals surface area contributed by atoms with Crippen LogP contribution in [0.1, 0.15) is 12.8 Å². The molecular weight excluding hydrogens is 705 g/mol. The summed E-state index contributed by atoms with van der Waals surface area (Å²) in [5.74, 6) is 0. The molecular formula is C54H46N4. The van der Waals surface area contributed by atoms with Gasteiger partial charge in [0.2, 0.25) is 0 Å². The first-order valence-electron chi connectivity index (χ1n) is 19.8. The van der Waals surface area contributed by atoms with Gasteiger partial charge in [0.15, 0.2) is 0 Å². The number of hydrogen-bond donors (Lipinski definition) is 0. The van der Waals surface area contributed by atoms with Crippen molar-refractivity contribution in [3.63, 3.8) is 0 Å². The molecule has 1 aliphatic rings. The molecule has 282 valence electrons. The summed E-state index contributed by atoms with van der Waals surface area (Å²) in [5.41, 5.74) is 11.8. The zero-order chi connectivity index (χ0) is 39.4. The predicted octanol–water partition coefficient (Wildman–Crippen LogP) is 15.1. The number of anilines is 9. The Morgan fingerprint density at radius 2 is 0.793 bits per heavy atom. The van der Waals surface area contributed by atoms with E-state index in [-0.39, 0.29) is 0 Å². The third kappa shape index (κ3) is 8.62. The standard InChI is InChI=1S/C54H46N4/c1-2-44(56(47-22-9-3-10-23-47)48-24-11-4-12-25-48)34-21-43-55(45-35-39-53(40-36-45)57(49-26-13-5-14-27-49)50-28-15-6-16-29-50)46-37-41-54(42-38-46)58(51-30-17-7-18-31-51)52-32-19-8-20-33-52/h2-7,9-19,21-43H,1,8,20H2. The number of hydrogen-bond acceptors (Lipinski definition) is 4. The Kier molecular flexibility index (Phi) is 11.8. The van der Waals surface area contributed by atoms with Crippen LogP contribution in [-0.4, -0.2) is 0 Å². The molecule has 0 atom stereocenters. The highest BCUT2D eigenvalue weighted by Gasteiger charge is 2.17. The van der Waals surface area contributed by atoms with Crippen molar-refractivity contribution in [2.45, 2.75) is 12.8 Å². The van der Waals surface area contributed by atoms with Gasteiger partial charge in [-0.3, -0.25) is 0 Å². The van der Waals surface area contributed by atoms with Gasteiger partial charge in [-0.15, -0.1) is 0 Å². The predicted molar refractivity (Wildman–Crippen MR) is 247 cm³/mol. The Balaban J connectivity index is 1.18. The van der Waals surface area contributed by atoms with Crippen molar-refractivity contribution in [1.29, 1.82) is 0 Å². The van der Waals surface area contributed by atoms with Crippen LogP contribution in [0.3, 0.4) is 0 Å². The van der Waals surface area contributed by atoms with E-state index in [4.69, 9.17) is 0 Å². The molecule has 0 spiro atoms. The van der Waals surface area contributed by atoms with Gasteiger partial charge < -0.3 is 19.6 Å². The van der Waals surface area contributed by atoms with Crippen LogP contribution in [-0.2, 0) is 0 Å². The first-order valence-corrected chi connectivity index (χ1v) is 19.8. The normalized spacial score (nSPS) is 12.5. The second-order valence-corrected chi connectivity index (χ2v) is 13.8. The van der Waals surface area contributed by atoms with Crippen LogP contribution in [0.4, 0.5) is 51.2 Å². The van der Waals surface area contributed by atoms with Crippen molar-refractivity contribution in [2.75, 3.05) is 19.6 Å². The highest BCUT2D eigenvalue weighted by Crippen LogP contribution is 2.38. The van der Waals surface area contributed by atoms with E-state index in [0.29, 0.717) is 0 Å². The molecule has 1 aliphatic carbocycles. The topological polar surface area (TPSA) is 13.0 Å². The molecule has 4 nitrogen and oxygen atoms in total. The van der Waals surface area contributed by atoms with Crippen molar-refractivity contribution >= 4 is 51.2 Å². The fourth-order valence-corrected chi connectivity index (χ4v) is 7.30. The number of rotatable bonds is 14. The molecule has 0 saturated heterocycles. The summed E-state index contributed by atoms with van der Waals surface area (Å²) in [6, 6.07) is 70.0. The van der Waals surface area contributed by atoms with Crippen LogP contribution in [0.2, 0.25) is 0 Å². The number of nitrogens with zero attached hydrogens (tertiary/aromatic N) is 4. The van der Waals surface area contributed by atoms with Gasteiger partial charge in [-0.25, -0.2) is 0 Å². The quantitative estimate of drug-likeness (QED) is 0.103. The molecule has 0 saturated carbocycles. The Morgan fingerprint density at radius 3 is 1.21 bits per heavy atom. The van der Waals surface area contributed by atoms with E-state index in [0.717, 1.165) is 69.7 Å². The van der Waals surface area contributed by atoms with Gasteiger partial charge in [0.05, 0.1) is 0 Å². The lowest BCUT2D eigenvalue weighted by Crippen LogP contribution is -2.16. The van der Waals surface area contributed by atoms with Gasteiger partial charge >= 0.3 is 0 Å². The van der Waals surface area contributed by atoms with E-state index in [1.54, 1.807) is 0 Å². The van der Waals surface area contributed by atoms with E-state index in [2.05, 4.69) is 251 Å². The zero-order valence-electron chi connectivity index (χ0n) is 32.5. The Bertz CT molecular complexity index is 2410. The van der Waals surface area contributed by atoms with Crippen LogP contribution >= 0.6 is 0 Å². The summed E-state index contributed by atoms with van der Waals surface area (Å²) in [7, 11) is 0. The molecule has 7 aromatic rings. The highest BCUT2D eigenvalue weighted by atomic mass is 15.2. The molecule has 4 heteroatoms. The summed E-state index contributed by atoms with van der Waals surface area (Å²) in [5, 5.41) is 0. The van der Waals surface area contributed by atoms with Crippen LogP contribution in [0.5, 0.6) is 0 Å². The van der Waals surface area contributed by atoms with E-state index in [1.807, 2.05) is 18.2 Å². The van der Waals surface area contributed by atoms with Gasteiger partial charge in [0, 0.05) is 68.8 Å². The van der Waals surface area contributed by atoms with Crippen LogP contribution < -0.4 is 19.6 Å². The van der Waals surface area contributed by atoms with Gasteiger partial charge in [-0.05, 0) is 146 Å². The molecule has 0 amide bonds. The largest absolute Gasteiger partial charge is 0.317 e. The molecule has 0 radical (unpaired) electrons. The van der Waals surface area contributed by atoms with Gasteiger partial charge in [0.1, 0.15) is 0 Å². The Labute approximate surface area is 343 Å². The average Bonchev–Trinajstić information content (AvgIpc) is 3.30. The first kappa shape index (κ1) is 37.4. The number of allylic oxidation sites excluding steroid dienone is 6. The molecule has 0 N–H and O–H groups in total. The minimum Gasteiger partial charge on any atom is -0.317 e. The number of benzene rings is 7. The molecule has 0 fully saturated rings. The molecule has 7 aromatic carbocycles. The SMILES string of the molecule is C=CC(=CC=CN(c1ccc(N(C2=CCCC=C2)c2ccccc2)cc1)c1ccc(N(c2ccccc2)c2ccccc2)cc1)N(c1ccccc1)c1ccccc1. The van der Waals surface area contributed by atoms with Crippen molar-refractivity contribution < 1.29 is 0 Å². The monoisotopic (exact) mass is 750 g/mol. The third-order valence-corrected chi connectivity index (χ3v) is 10.0. The van der Waals surface area contributed by atoms with Gasteiger partial charge in [0.25, 0.3) is 0 Å². The van der Waals surface area contributed by atoms with Crippen molar-refractivity contribution in [2.24, 2.45) is 0 Å². The fourth-order valence-electron chi connectivity index (χ4n) is 7.30. The lowest BCUT2D eigenvalue weighted by Gasteiger charge is -2.29. The van der Waals surface area contributed by atoms with Gasteiger partial charge in [-0.1, -0.05) is 110 Å². The lowest BCUT2D eigenvalue weighted by atomic mass is 10.1. The average molecular weight is 751 g/mol. The van der Waals surface area contributed by atoms with Crippen molar-refractivity contribution in [3.8, 4) is 0 Å². The third-order valence-electron chi connectivity index (χ3n) is 10.0. The minimum absolute atomic E-state index is 0.952. The molecule has 8 rings (SSSR count). The Hall–Kier alpha value is -7.56. The van der Waals surface area contributed by atoms with E-state index in [9.17, 15) is 0 Å². The first-order chi connectivity index (χ1) is 28.8. The number of para-hydroxylation sites is 5.